The van der Waals surface area contributed by atoms with Gasteiger partial charge in [0.2, 0.25) is 0 Å². The Labute approximate surface area is 138 Å². The van der Waals surface area contributed by atoms with Crippen LogP contribution < -0.4 is 0 Å². The van der Waals surface area contributed by atoms with Crippen molar-refractivity contribution in [3.05, 3.63) is 35.4 Å². The number of halogens is 3. The van der Waals surface area contributed by atoms with E-state index in [4.69, 9.17) is 4.74 Å². The highest BCUT2D eigenvalue weighted by Gasteiger charge is 2.43. The second-order valence-corrected chi connectivity index (χ2v) is 5.58. The van der Waals surface area contributed by atoms with E-state index < -0.39 is 18.1 Å². The Morgan fingerprint density at radius 1 is 1.12 bits per heavy atom. The second kappa shape index (κ2) is 7.65. The summed E-state index contributed by atoms with van der Waals surface area (Å²) in [6.07, 6.45) is -4.83. The van der Waals surface area contributed by atoms with Crippen molar-refractivity contribution in [3.8, 4) is 0 Å². The lowest BCUT2D eigenvalue weighted by Crippen LogP contribution is -2.52. The molecule has 0 N–H and O–H groups in total. The SMILES string of the molecule is Cc1ccccc1C(=O)OCCN1CCN(C(=O)C(F)(F)F)CC1. The van der Waals surface area contributed by atoms with Gasteiger partial charge in [0, 0.05) is 32.7 Å². The number of alkyl halides is 3. The van der Waals surface area contributed by atoms with Gasteiger partial charge >= 0.3 is 18.1 Å². The highest BCUT2D eigenvalue weighted by Crippen LogP contribution is 2.19. The molecule has 0 aliphatic carbocycles. The quantitative estimate of drug-likeness (QED) is 0.783. The number of esters is 1. The van der Waals surface area contributed by atoms with E-state index in [0.29, 0.717) is 25.2 Å². The molecule has 1 amide bonds. The number of amides is 1. The van der Waals surface area contributed by atoms with Crippen LogP contribution in [0.25, 0.3) is 0 Å². The molecule has 0 bridgehead atoms. The Kier molecular flexibility index (Phi) is 5.82. The molecule has 5 nitrogen and oxygen atoms in total. The van der Waals surface area contributed by atoms with Crippen molar-refractivity contribution in [3.63, 3.8) is 0 Å². The number of hydrogen-bond acceptors (Lipinski definition) is 4. The normalized spacial score (nSPS) is 16.1. The number of carbonyl (C=O) groups excluding carboxylic acids is 2. The van der Waals surface area contributed by atoms with E-state index in [1.54, 1.807) is 12.1 Å². The van der Waals surface area contributed by atoms with Gasteiger partial charge in [-0.1, -0.05) is 18.2 Å². The molecule has 1 saturated heterocycles. The summed E-state index contributed by atoms with van der Waals surface area (Å²) in [6, 6.07) is 7.07. The molecule has 1 aliphatic rings. The van der Waals surface area contributed by atoms with Crippen molar-refractivity contribution in [2.24, 2.45) is 0 Å². The molecule has 1 aromatic carbocycles. The fraction of sp³-hybridized carbons (Fsp3) is 0.500. The van der Waals surface area contributed by atoms with Crippen molar-refractivity contribution in [1.82, 2.24) is 9.80 Å². The van der Waals surface area contributed by atoms with Crippen LogP contribution in [0, 0.1) is 6.92 Å². The fourth-order valence-electron chi connectivity index (χ4n) is 2.50. The summed E-state index contributed by atoms with van der Waals surface area (Å²) in [5, 5.41) is 0. The van der Waals surface area contributed by atoms with Crippen LogP contribution in [0.15, 0.2) is 24.3 Å². The number of ether oxygens (including phenoxy) is 1. The van der Waals surface area contributed by atoms with E-state index in [9.17, 15) is 22.8 Å². The molecule has 1 aromatic rings. The minimum absolute atomic E-state index is 0.0179. The van der Waals surface area contributed by atoms with E-state index in [-0.39, 0.29) is 19.7 Å². The summed E-state index contributed by atoms with van der Waals surface area (Å²) in [5.41, 5.74) is 1.32. The molecule has 132 valence electrons. The van der Waals surface area contributed by atoms with Crippen LogP contribution in [0.5, 0.6) is 0 Å². The first kappa shape index (κ1) is 18.3. The van der Waals surface area contributed by atoms with Crippen molar-refractivity contribution in [2.45, 2.75) is 13.1 Å². The molecule has 0 unspecified atom stereocenters. The standard InChI is InChI=1S/C16H19F3N2O3/c1-12-4-2-3-5-13(12)14(22)24-11-10-20-6-8-21(9-7-20)15(23)16(17,18)19/h2-5H,6-11H2,1H3. The topological polar surface area (TPSA) is 49.9 Å². The molecule has 0 spiro atoms. The largest absolute Gasteiger partial charge is 0.471 e. The summed E-state index contributed by atoms with van der Waals surface area (Å²) in [5.74, 6) is -2.22. The summed E-state index contributed by atoms with van der Waals surface area (Å²) < 4.78 is 42.3. The van der Waals surface area contributed by atoms with Crippen LogP contribution in [0.1, 0.15) is 15.9 Å². The number of benzene rings is 1. The number of nitrogens with zero attached hydrogens (tertiary/aromatic N) is 2. The second-order valence-electron chi connectivity index (χ2n) is 5.58. The van der Waals surface area contributed by atoms with Gasteiger partial charge in [0.1, 0.15) is 6.61 Å². The maximum atomic E-state index is 12.4. The van der Waals surface area contributed by atoms with E-state index in [2.05, 4.69) is 0 Å². The van der Waals surface area contributed by atoms with Gasteiger partial charge in [-0.15, -0.1) is 0 Å². The molecule has 1 heterocycles. The molecule has 8 heteroatoms. The number of rotatable bonds is 4. The third-order valence-electron chi connectivity index (χ3n) is 3.91. The van der Waals surface area contributed by atoms with Crippen molar-refractivity contribution in [1.29, 1.82) is 0 Å². The van der Waals surface area contributed by atoms with Gasteiger partial charge in [-0.3, -0.25) is 9.69 Å². The van der Waals surface area contributed by atoms with Gasteiger partial charge in [0.25, 0.3) is 0 Å². The highest BCUT2D eigenvalue weighted by molar-refractivity contribution is 5.90. The first-order valence-electron chi connectivity index (χ1n) is 7.60. The van der Waals surface area contributed by atoms with Crippen LogP contribution in [0.4, 0.5) is 13.2 Å². The zero-order valence-electron chi connectivity index (χ0n) is 13.3. The molecule has 0 radical (unpaired) electrons. The van der Waals surface area contributed by atoms with E-state index in [1.165, 1.54) is 0 Å². The molecule has 0 saturated carbocycles. The Bertz CT molecular complexity index is 596. The molecule has 0 aromatic heterocycles. The Hall–Kier alpha value is -2.09. The third kappa shape index (κ3) is 4.70. The summed E-state index contributed by atoms with van der Waals surface area (Å²) in [4.78, 5) is 25.7. The van der Waals surface area contributed by atoms with Gasteiger partial charge < -0.3 is 9.64 Å². The zero-order valence-corrected chi connectivity index (χ0v) is 13.3. The minimum Gasteiger partial charge on any atom is -0.461 e. The van der Waals surface area contributed by atoms with Gasteiger partial charge in [-0.2, -0.15) is 13.2 Å². The van der Waals surface area contributed by atoms with E-state index in [0.717, 1.165) is 10.5 Å². The lowest BCUT2D eigenvalue weighted by atomic mass is 10.1. The number of carbonyl (C=O) groups is 2. The maximum absolute atomic E-state index is 12.4. The monoisotopic (exact) mass is 344 g/mol. The molecular weight excluding hydrogens is 325 g/mol. The summed E-state index contributed by atoms with van der Waals surface area (Å²) in [7, 11) is 0. The van der Waals surface area contributed by atoms with E-state index >= 15 is 0 Å². The van der Waals surface area contributed by atoms with Crippen LogP contribution in [0.3, 0.4) is 0 Å². The van der Waals surface area contributed by atoms with Gasteiger partial charge in [-0.05, 0) is 18.6 Å². The lowest BCUT2D eigenvalue weighted by molar-refractivity contribution is -0.187. The average Bonchev–Trinajstić information content (AvgIpc) is 2.54. The highest BCUT2D eigenvalue weighted by atomic mass is 19.4. The van der Waals surface area contributed by atoms with Crippen molar-refractivity contribution < 1.29 is 27.5 Å². The first-order valence-corrected chi connectivity index (χ1v) is 7.60. The molecule has 2 rings (SSSR count). The maximum Gasteiger partial charge on any atom is 0.471 e. The molecule has 1 fully saturated rings. The van der Waals surface area contributed by atoms with Gasteiger partial charge in [0.05, 0.1) is 5.56 Å². The minimum atomic E-state index is -4.83. The number of hydrogen-bond donors (Lipinski definition) is 0. The molecular formula is C16H19F3N2O3. The predicted molar refractivity (Wildman–Crippen MR) is 80.5 cm³/mol. The average molecular weight is 344 g/mol. The smallest absolute Gasteiger partial charge is 0.461 e. The van der Waals surface area contributed by atoms with Gasteiger partial charge in [-0.25, -0.2) is 4.79 Å². The van der Waals surface area contributed by atoms with E-state index in [1.807, 2.05) is 24.0 Å². The lowest BCUT2D eigenvalue weighted by Gasteiger charge is -2.34. The van der Waals surface area contributed by atoms with Crippen molar-refractivity contribution in [2.75, 3.05) is 39.3 Å². The Morgan fingerprint density at radius 2 is 1.75 bits per heavy atom. The number of aryl methyl sites for hydroxylation is 1. The Morgan fingerprint density at radius 3 is 2.33 bits per heavy atom. The fourth-order valence-corrected chi connectivity index (χ4v) is 2.50. The Balaban J connectivity index is 1.73. The van der Waals surface area contributed by atoms with Crippen LogP contribution in [0.2, 0.25) is 0 Å². The molecule has 0 atom stereocenters. The van der Waals surface area contributed by atoms with Gasteiger partial charge in [0.15, 0.2) is 0 Å². The third-order valence-corrected chi connectivity index (χ3v) is 3.91. The van der Waals surface area contributed by atoms with Crippen LogP contribution in [-0.2, 0) is 9.53 Å². The zero-order chi connectivity index (χ0) is 17.7. The van der Waals surface area contributed by atoms with Crippen LogP contribution >= 0.6 is 0 Å². The predicted octanol–water partition coefficient (Wildman–Crippen LogP) is 1.86. The van der Waals surface area contributed by atoms with Crippen molar-refractivity contribution >= 4 is 11.9 Å². The van der Waals surface area contributed by atoms with Crippen LogP contribution in [-0.4, -0.2) is 67.2 Å². The molecule has 1 aliphatic heterocycles. The summed E-state index contributed by atoms with van der Waals surface area (Å²) in [6.45, 7) is 3.07. The first-order chi connectivity index (χ1) is 11.3. The molecule has 24 heavy (non-hydrogen) atoms. The number of piperazine rings is 1. The summed E-state index contributed by atoms with van der Waals surface area (Å²) >= 11 is 0.